The summed E-state index contributed by atoms with van der Waals surface area (Å²) in [4.78, 5) is 8.25. The summed E-state index contributed by atoms with van der Waals surface area (Å²) in [6.45, 7) is 2.09. The molecule has 3 aromatic rings. The minimum atomic E-state index is 0.264. The van der Waals surface area contributed by atoms with Crippen molar-refractivity contribution in [2.75, 3.05) is 11.1 Å². The largest absolute Gasteiger partial charge is 0.437 e. The zero-order valence-corrected chi connectivity index (χ0v) is 15.0. The Morgan fingerprint density at radius 2 is 1.84 bits per heavy atom. The lowest BCUT2D eigenvalue weighted by atomic mass is 10.2. The van der Waals surface area contributed by atoms with Gasteiger partial charge in [0.2, 0.25) is 5.88 Å². The van der Waals surface area contributed by atoms with E-state index in [-0.39, 0.29) is 11.6 Å². The fourth-order valence-corrected chi connectivity index (χ4v) is 2.52. The number of anilines is 3. The number of benzene rings is 2. The summed E-state index contributed by atoms with van der Waals surface area (Å²) in [7, 11) is 0. The highest BCUT2D eigenvalue weighted by Gasteiger charge is 2.12. The highest BCUT2D eigenvalue weighted by molar-refractivity contribution is 6.35. The molecule has 2 aromatic carbocycles. The summed E-state index contributed by atoms with van der Waals surface area (Å²) in [5.74, 6) is 1.30. The first kappa shape index (κ1) is 17.3. The van der Waals surface area contributed by atoms with E-state index in [1.807, 2.05) is 24.3 Å². The highest BCUT2D eigenvalue weighted by atomic mass is 35.5. The van der Waals surface area contributed by atoms with Crippen LogP contribution in [0, 0.1) is 0 Å². The molecular weight excluding hydrogens is 359 g/mol. The molecule has 1 heterocycles. The van der Waals surface area contributed by atoms with Crippen molar-refractivity contribution in [3.05, 3.63) is 64.4 Å². The maximum atomic E-state index is 6.16. The van der Waals surface area contributed by atoms with E-state index < -0.39 is 0 Å². The molecule has 0 unspecified atom stereocenters. The molecule has 0 aliphatic heterocycles. The lowest BCUT2D eigenvalue weighted by Gasteiger charge is -2.13. The van der Waals surface area contributed by atoms with Crippen LogP contribution in [0.1, 0.15) is 12.5 Å². The van der Waals surface area contributed by atoms with Gasteiger partial charge in [-0.05, 0) is 42.3 Å². The average Bonchev–Trinajstić information content (AvgIpc) is 2.62. The molecule has 0 aliphatic carbocycles. The van der Waals surface area contributed by atoms with E-state index in [1.54, 1.807) is 18.2 Å². The molecule has 0 bridgehead atoms. The lowest BCUT2D eigenvalue weighted by Crippen LogP contribution is -2.03. The van der Waals surface area contributed by atoms with E-state index in [0.717, 1.165) is 6.42 Å². The van der Waals surface area contributed by atoms with E-state index >= 15 is 0 Å². The number of ether oxygens (including phenoxy) is 1. The van der Waals surface area contributed by atoms with Gasteiger partial charge in [0.1, 0.15) is 17.8 Å². The first-order valence-corrected chi connectivity index (χ1v) is 8.41. The van der Waals surface area contributed by atoms with Crippen molar-refractivity contribution in [3.8, 4) is 11.6 Å². The van der Waals surface area contributed by atoms with Gasteiger partial charge >= 0.3 is 0 Å². The minimum absolute atomic E-state index is 0.264. The van der Waals surface area contributed by atoms with Gasteiger partial charge in [0.15, 0.2) is 5.82 Å². The summed E-state index contributed by atoms with van der Waals surface area (Å²) in [5.41, 5.74) is 8.23. The molecule has 0 radical (unpaired) electrons. The van der Waals surface area contributed by atoms with Crippen LogP contribution in [-0.2, 0) is 6.42 Å². The second-order valence-corrected chi connectivity index (χ2v) is 6.13. The topological polar surface area (TPSA) is 73.1 Å². The second-order valence-electron chi connectivity index (χ2n) is 5.29. The van der Waals surface area contributed by atoms with Crippen LogP contribution in [0.3, 0.4) is 0 Å². The van der Waals surface area contributed by atoms with Crippen molar-refractivity contribution >= 4 is 40.4 Å². The van der Waals surface area contributed by atoms with Crippen LogP contribution in [0.4, 0.5) is 17.2 Å². The van der Waals surface area contributed by atoms with E-state index in [2.05, 4.69) is 22.2 Å². The number of nitrogens with zero attached hydrogens (tertiary/aromatic N) is 2. The van der Waals surface area contributed by atoms with Crippen molar-refractivity contribution in [1.82, 2.24) is 9.97 Å². The molecule has 0 fully saturated rings. The number of aryl methyl sites for hydroxylation is 1. The third-order valence-electron chi connectivity index (χ3n) is 3.57. The minimum Gasteiger partial charge on any atom is -0.437 e. The van der Waals surface area contributed by atoms with Crippen molar-refractivity contribution < 1.29 is 4.74 Å². The molecule has 3 rings (SSSR count). The maximum absolute atomic E-state index is 6.16. The summed E-state index contributed by atoms with van der Waals surface area (Å²) in [5, 5.41) is 4.10. The van der Waals surface area contributed by atoms with Gasteiger partial charge in [-0.25, -0.2) is 4.98 Å². The van der Waals surface area contributed by atoms with Crippen LogP contribution in [0.25, 0.3) is 0 Å². The summed E-state index contributed by atoms with van der Waals surface area (Å²) < 4.78 is 5.77. The van der Waals surface area contributed by atoms with E-state index in [1.165, 1.54) is 11.9 Å². The van der Waals surface area contributed by atoms with Gasteiger partial charge in [-0.2, -0.15) is 4.98 Å². The lowest BCUT2D eigenvalue weighted by molar-refractivity contribution is 0.464. The Morgan fingerprint density at radius 3 is 2.56 bits per heavy atom. The molecule has 7 heteroatoms. The highest BCUT2D eigenvalue weighted by Crippen LogP contribution is 2.33. The quantitative estimate of drug-likeness (QED) is 0.619. The third kappa shape index (κ3) is 4.13. The van der Waals surface area contributed by atoms with Gasteiger partial charge in [-0.3, -0.25) is 0 Å². The van der Waals surface area contributed by atoms with E-state index in [9.17, 15) is 0 Å². The number of hydrogen-bond donors (Lipinski definition) is 2. The van der Waals surface area contributed by atoms with Gasteiger partial charge in [0.05, 0.1) is 10.7 Å². The summed E-state index contributed by atoms with van der Waals surface area (Å²) in [6.07, 6.45) is 2.33. The van der Waals surface area contributed by atoms with Crippen molar-refractivity contribution in [2.24, 2.45) is 0 Å². The Kier molecular flexibility index (Phi) is 5.26. The molecule has 3 N–H and O–H groups in total. The number of rotatable bonds is 5. The van der Waals surface area contributed by atoms with Gasteiger partial charge in [-0.1, -0.05) is 42.3 Å². The van der Waals surface area contributed by atoms with E-state index in [0.29, 0.717) is 27.3 Å². The molecule has 128 valence electrons. The van der Waals surface area contributed by atoms with Gasteiger partial charge in [0.25, 0.3) is 0 Å². The smallest absolute Gasteiger partial charge is 0.248 e. The van der Waals surface area contributed by atoms with Crippen LogP contribution in [0.5, 0.6) is 11.6 Å². The average molecular weight is 375 g/mol. The molecule has 0 spiro atoms. The van der Waals surface area contributed by atoms with Crippen molar-refractivity contribution in [1.29, 1.82) is 0 Å². The molecule has 1 aromatic heterocycles. The number of halogens is 2. The second kappa shape index (κ2) is 7.59. The SMILES string of the molecule is CCc1ccc(Oc2ncnc(Nc3cc(Cl)ccc3Cl)c2N)cc1. The zero-order valence-electron chi connectivity index (χ0n) is 13.5. The number of nitrogen functional groups attached to an aromatic ring is 1. The molecule has 0 saturated heterocycles. The third-order valence-corrected chi connectivity index (χ3v) is 4.14. The Balaban J connectivity index is 1.85. The first-order valence-electron chi connectivity index (χ1n) is 7.66. The predicted octanol–water partition coefficient (Wildman–Crippen LogP) is 5.46. The number of nitrogens with two attached hydrogens (primary N) is 1. The van der Waals surface area contributed by atoms with Gasteiger partial charge < -0.3 is 15.8 Å². The predicted molar refractivity (Wildman–Crippen MR) is 102 cm³/mol. The van der Waals surface area contributed by atoms with Gasteiger partial charge in [0, 0.05) is 5.02 Å². The van der Waals surface area contributed by atoms with Crippen molar-refractivity contribution in [3.63, 3.8) is 0 Å². The molecule has 0 atom stereocenters. The summed E-state index contributed by atoms with van der Waals surface area (Å²) >= 11 is 12.2. The van der Waals surface area contributed by atoms with Crippen LogP contribution < -0.4 is 15.8 Å². The molecule has 25 heavy (non-hydrogen) atoms. The molecular formula is C18H16Cl2N4O. The Labute approximate surface area is 155 Å². The maximum Gasteiger partial charge on any atom is 0.248 e. The van der Waals surface area contributed by atoms with Crippen LogP contribution in [0.2, 0.25) is 10.0 Å². The van der Waals surface area contributed by atoms with Crippen LogP contribution in [-0.4, -0.2) is 9.97 Å². The normalized spacial score (nSPS) is 10.5. The number of nitrogens with one attached hydrogen (secondary N) is 1. The van der Waals surface area contributed by atoms with Gasteiger partial charge in [-0.15, -0.1) is 0 Å². The Hall–Kier alpha value is -2.50. The Bertz CT molecular complexity index is 885. The first-order chi connectivity index (χ1) is 12.1. The number of aromatic nitrogens is 2. The molecule has 5 nitrogen and oxygen atoms in total. The summed E-state index contributed by atoms with van der Waals surface area (Å²) in [6, 6.07) is 12.8. The van der Waals surface area contributed by atoms with E-state index in [4.69, 9.17) is 33.7 Å². The standard InChI is InChI=1S/C18H16Cl2N4O/c1-2-11-3-6-13(7-4-11)25-18-16(21)17(22-10-23-18)24-15-9-12(19)5-8-14(15)20/h3-10H,2,21H2,1H3,(H,22,23,24). The monoisotopic (exact) mass is 374 g/mol. The van der Waals surface area contributed by atoms with Crippen molar-refractivity contribution in [2.45, 2.75) is 13.3 Å². The number of hydrogen-bond acceptors (Lipinski definition) is 5. The fraction of sp³-hybridized carbons (Fsp3) is 0.111. The Morgan fingerprint density at radius 1 is 1.08 bits per heavy atom. The molecule has 0 saturated carbocycles. The van der Waals surface area contributed by atoms with Crippen LogP contribution >= 0.6 is 23.2 Å². The zero-order chi connectivity index (χ0) is 17.8. The molecule has 0 amide bonds. The fourth-order valence-electron chi connectivity index (χ4n) is 2.19. The molecule has 0 aliphatic rings. The van der Waals surface area contributed by atoms with Crippen LogP contribution in [0.15, 0.2) is 48.8 Å².